The third-order valence-corrected chi connectivity index (χ3v) is 19.1. The standard InChI is InChI=1S/C66H34B2N2O4S2/c1-7-19-47-41(15-1)61-49(27-25-39-37-13-3-11-23-59(37)75-65(39)61)69(47)35-29-55-63-57(31-35)73-53-34-54-46(33-45(53)67(63)43-17-5-9-21-51(43)71-55)68-44-18-6-10-22-52(44)72-56-30-36(32-58(74-54)64(56)68)70-48-20-8-2-16-42(48)62-50(70)28-26-40-38-14-4-12-24-60(38)76-66(40)62/h1-34H. The van der Waals surface area contributed by atoms with Crippen molar-refractivity contribution in [3.05, 3.63) is 206 Å². The fraction of sp³-hybridized carbons (Fsp3) is 0. The lowest BCUT2D eigenvalue weighted by Crippen LogP contribution is -2.61. The molecule has 6 nitrogen and oxygen atoms in total. The summed E-state index contributed by atoms with van der Waals surface area (Å²) in [4.78, 5) is 0. The van der Waals surface area contributed by atoms with E-state index in [0.717, 1.165) is 112 Å². The van der Waals surface area contributed by atoms with Gasteiger partial charge in [0.25, 0.3) is 13.4 Å². The van der Waals surface area contributed by atoms with Crippen molar-refractivity contribution in [2.75, 3.05) is 0 Å². The van der Waals surface area contributed by atoms with Crippen LogP contribution in [0.1, 0.15) is 0 Å². The maximum absolute atomic E-state index is 7.28. The molecule has 0 aliphatic carbocycles. The maximum Gasteiger partial charge on any atom is 0.260 e. The number of aromatic nitrogens is 2. The fourth-order valence-corrected chi connectivity index (χ4v) is 16.2. The molecule has 19 rings (SSSR count). The van der Waals surface area contributed by atoms with Gasteiger partial charge in [-0.2, -0.15) is 0 Å². The highest BCUT2D eigenvalue weighted by Crippen LogP contribution is 2.48. The summed E-state index contributed by atoms with van der Waals surface area (Å²) < 4.78 is 38.5. The highest BCUT2D eigenvalue weighted by atomic mass is 32.1. The second kappa shape index (κ2) is 14.3. The van der Waals surface area contributed by atoms with E-state index in [1.807, 2.05) is 22.7 Å². The number of rotatable bonds is 2. The number of hydrogen-bond donors (Lipinski definition) is 0. The molecular weight excluding hydrogens is 970 g/mol. The molecule has 76 heavy (non-hydrogen) atoms. The van der Waals surface area contributed by atoms with Crippen molar-refractivity contribution in [2.45, 2.75) is 0 Å². The third-order valence-electron chi connectivity index (χ3n) is 16.7. The van der Waals surface area contributed by atoms with Gasteiger partial charge in [0.05, 0.1) is 33.4 Å². The Bertz CT molecular complexity index is 4860. The summed E-state index contributed by atoms with van der Waals surface area (Å²) in [6.07, 6.45) is 0. The van der Waals surface area contributed by atoms with E-state index in [1.165, 1.54) is 61.9 Å². The summed E-state index contributed by atoms with van der Waals surface area (Å²) in [7, 11) is 0. The minimum Gasteiger partial charge on any atom is -0.458 e. The zero-order valence-corrected chi connectivity index (χ0v) is 41.8. The molecule has 8 heterocycles. The molecule has 10 heteroatoms. The molecule has 0 unspecified atom stereocenters. The largest absolute Gasteiger partial charge is 0.458 e. The summed E-state index contributed by atoms with van der Waals surface area (Å²) in [5, 5.41) is 10.1. The highest BCUT2D eigenvalue weighted by Gasteiger charge is 2.45. The zero-order valence-electron chi connectivity index (χ0n) is 40.1. The Morgan fingerprint density at radius 3 is 1.16 bits per heavy atom. The van der Waals surface area contributed by atoms with Gasteiger partial charge < -0.3 is 28.1 Å². The van der Waals surface area contributed by atoms with Crippen molar-refractivity contribution in [2.24, 2.45) is 0 Å². The first-order valence-corrected chi connectivity index (χ1v) is 27.4. The third kappa shape index (κ3) is 5.13. The molecule has 0 saturated heterocycles. The Kier molecular flexibility index (Phi) is 7.59. The van der Waals surface area contributed by atoms with Crippen LogP contribution in [0.2, 0.25) is 0 Å². The molecule has 0 fully saturated rings. The van der Waals surface area contributed by atoms with E-state index in [4.69, 9.17) is 18.9 Å². The number of para-hydroxylation sites is 4. The Morgan fingerprint density at radius 2 is 0.684 bits per heavy atom. The monoisotopic (exact) mass is 1000 g/mol. The van der Waals surface area contributed by atoms with Crippen molar-refractivity contribution >= 4 is 153 Å². The summed E-state index contributed by atoms with van der Waals surface area (Å²) in [5.74, 6) is 6.33. The first kappa shape index (κ1) is 40.2. The Labute approximate surface area is 441 Å². The molecule has 0 amide bonds. The van der Waals surface area contributed by atoms with E-state index < -0.39 is 0 Å². The van der Waals surface area contributed by atoms with Crippen LogP contribution in [0.25, 0.3) is 95.3 Å². The van der Waals surface area contributed by atoms with Gasteiger partial charge >= 0.3 is 0 Å². The van der Waals surface area contributed by atoms with Crippen molar-refractivity contribution in [3.8, 4) is 57.4 Å². The van der Waals surface area contributed by atoms with Gasteiger partial charge in [0.15, 0.2) is 0 Å². The number of thiophene rings is 2. The van der Waals surface area contributed by atoms with Gasteiger partial charge in [0.1, 0.15) is 46.0 Å². The van der Waals surface area contributed by atoms with Crippen LogP contribution < -0.4 is 51.7 Å². The van der Waals surface area contributed by atoms with Crippen molar-refractivity contribution in [1.29, 1.82) is 0 Å². The Balaban J connectivity index is 0.810. The molecule has 0 bridgehead atoms. The van der Waals surface area contributed by atoms with Crippen LogP contribution in [0, 0.1) is 0 Å². The van der Waals surface area contributed by atoms with E-state index in [-0.39, 0.29) is 13.4 Å². The molecule has 0 radical (unpaired) electrons. The highest BCUT2D eigenvalue weighted by molar-refractivity contribution is 7.27. The SMILES string of the molecule is c1ccc2c(c1)Oc1cc(-n3c4ccccc4c4c5sc6ccccc6c5ccc43)cc3c1B2c1cc2c(cc1O3)Oc1cc(-n3c4ccccc4c4c5sc6ccccc6c5ccc43)cc3c1B2c1ccccc1O3. The molecule has 350 valence electrons. The number of hydrogen-bond acceptors (Lipinski definition) is 6. The summed E-state index contributed by atoms with van der Waals surface area (Å²) in [5.41, 5.74) is 12.9. The van der Waals surface area contributed by atoms with Crippen molar-refractivity contribution in [3.63, 3.8) is 0 Å². The Hall–Kier alpha value is -9.21. The number of benzene rings is 11. The molecule has 0 atom stereocenters. The number of fused-ring (bicyclic) bond motifs is 22. The van der Waals surface area contributed by atoms with Crippen LogP contribution >= 0.6 is 22.7 Å². The second-order valence-electron chi connectivity index (χ2n) is 20.6. The maximum atomic E-state index is 7.28. The van der Waals surface area contributed by atoms with Crippen LogP contribution in [0.5, 0.6) is 46.0 Å². The zero-order chi connectivity index (χ0) is 49.1. The smallest absolute Gasteiger partial charge is 0.260 e. The van der Waals surface area contributed by atoms with Gasteiger partial charge in [-0.05, 0) is 70.4 Å². The van der Waals surface area contributed by atoms with Crippen LogP contribution in [0.3, 0.4) is 0 Å². The molecule has 4 aromatic heterocycles. The molecule has 4 aliphatic rings. The van der Waals surface area contributed by atoms with Gasteiger partial charge in [-0.15, -0.1) is 22.7 Å². The van der Waals surface area contributed by atoms with Crippen molar-refractivity contribution in [1.82, 2.24) is 9.13 Å². The van der Waals surface area contributed by atoms with E-state index >= 15 is 0 Å². The van der Waals surface area contributed by atoms with E-state index in [2.05, 4.69) is 215 Å². The van der Waals surface area contributed by atoms with E-state index in [0.29, 0.717) is 0 Å². The molecule has 4 aliphatic heterocycles. The average molecular weight is 1000 g/mol. The van der Waals surface area contributed by atoms with Crippen LogP contribution in [0.4, 0.5) is 0 Å². The lowest BCUT2D eigenvalue weighted by molar-refractivity contribution is 0.451. The topological polar surface area (TPSA) is 46.8 Å². The van der Waals surface area contributed by atoms with E-state index in [9.17, 15) is 0 Å². The minimum absolute atomic E-state index is 0.157. The molecule has 0 saturated carbocycles. The quantitative estimate of drug-likeness (QED) is 0.162. The van der Waals surface area contributed by atoms with Crippen LogP contribution in [-0.4, -0.2) is 22.6 Å². The average Bonchev–Trinajstić information content (AvgIpc) is 4.34. The normalized spacial score (nSPS) is 13.6. The van der Waals surface area contributed by atoms with Crippen LogP contribution in [0.15, 0.2) is 206 Å². The van der Waals surface area contributed by atoms with Crippen molar-refractivity contribution < 1.29 is 18.9 Å². The Morgan fingerprint density at radius 1 is 0.289 bits per heavy atom. The number of nitrogens with zero attached hydrogens (tertiary/aromatic N) is 2. The first-order valence-electron chi connectivity index (χ1n) is 25.8. The fourth-order valence-electron chi connectivity index (χ4n) is 13.6. The summed E-state index contributed by atoms with van der Waals surface area (Å²) in [6, 6.07) is 74.5. The minimum atomic E-state index is -0.157. The van der Waals surface area contributed by atoms with Gasteiger partial charge in [0.2, 0.25) is 0 Å². The van der Waals surface area contributed by atoms with Crippen LogP contribution in [-0.2, 0) is 0 Å². The summed E-state index contributed by atoms with van der Waals surface area (Å²) >= 11 is 3.73. The lowest BCUT2D eigenvalue weighted by Gasteiger charge is -2.37. The number of ether oxygens (including phenoxy) is 4. The van der Waals surface area contributed by atoms with Gasteiger partial charge in [-0.3, -0.25) is 0 Å². The van der Waals surface area contributed by atoms with E-state index in [1.54, 1.807) is 0 Å². The van der Waals surface area contributed by atoms with Gasteiger partial charge in [-0.25, -0.2) is 0 Å². The van der Waals surface area contributed by atoms with Gasteiger partial charge in [0, 0.05) is 103 Å². The van der Waals surface area contributed by atoms with Gasteiger partial charge in [-0.1, -0.05) is 127 Å². The lowest BCUT2D eigenvalue weighted by atomic mass is 9.31. The predicted molar refractivity (Wildman–Crippen MR) is 316 cm³/mol. The molecular formula is C66H34B2N2O4S2. The predicted octanol–water partition coefficient (Wildman–Crippen LogP) is 14.1. The molecule has 0 spiro atoms. The summed E-state index contributed by atoms with van der Waals surface area (Å²) in [6.45, 7) is -0.314. The molecule has 0 N–H and O–H groups in total. The molecule has 15 aromatic rings. The second-order valence-corrected chi connectivity index (χ2v) is 22.7. The first-order chi connectivity index (χ1) is 37.7. The molecule has 11 aromatic carbocycles.